The van der Waals surface area contributed by atoms with Crippen molar-refractivity contribution >= 4 is 11.6 Å². The van der Waals surface area contributed by atoms with Crippen LogP contribution in [0.1, 0.15) is 25.8 Å². The van der Waals surface area contributed by atoms with Crippen molar-refractivity contribution in [1.29, 1.82) is 0 Å². The van der Waals surface area contributed by atoms with Crippen LogP contribution in [0.5, 0.6) is 0 Å². The Bertz CT molecular complexity index is 586. The second-order valence-electron chi connectivity index (χ2n) is 5.94. The lowest BCUT2D eigenvalue weighted by Crippen LogP contribution is -2.43. The molecule has 1 fully saturated rings. The minimum Gasteiger partial charge on any atom is -0.352 e. The lowest BCUT2D eigenvalue weighted by atomic mass is 10.2. The summed E-state index contributed by atoms with van der Waals surface area (Å²) in [5.41, 5.74) is 0.997. The van der Waals surface area contributed by atoms with E-state index in [0.717, 1.165) is 44.1 Å². The Hall–Kier alpha value is -2.15. The SMILES string of the molecule is CCN(CC)C1CCN(C(=NC)NCc2cccc([N+](=O)[O-])c2)C1. The fraction of sp³-hybridized carbons (Fsp3) is 0.588. The number of nitrogens with one attached hydrogen (secondary N) is 1. The third-order valence-electron chi connectivity index (χ3n) is 4.58. The van der Waals surface area contributed by atoms with Crippen molar-refractivity contribution < 1.29 is 4.92 Å². The molecule has 1 aromatic carbocycles. The maximum Gasteiger partial charge on any atom is 0.269 e. The number of likely N-dealkylation sites (N-methyl/N-ethyl adjacent to an activating group) is 1. The number of hydrogen-bond acceptors (Lipinski definition) is 4. The fourth-order valence-corrected chi connectivity index (χ4v) is 3.27. The van der Waals surface area contributed by atoms with Gasteiger partial charge in [-0.15, -0.1) is 0 Å². The Morgan fingerprint density at radius 2 is 2.21 bits per heavy atom. The molecule has 1 saturated heterocycles. The molecule has 7 nitrogen and oxygen atoms in total. The maximum absolute atomic E-state index is 10.9. The fourth-order valence-electron chi connectivity index (χ4n) is 3.27. The third kappa shape index (κ3) is 4.44. The number of nitrogens with zero attached hydrogens (tertiary/aromatic N) is 4. The molecule has 2 rings (SSSR count). The van der Waals surface area contributed by atoms with Crippen molar-refractivity contribution in [3.8, 4) is 0 Å². The molecular weight excluding hydrogens is 306 g/mol. The van der Waals surface area contributed by atoms with E-state index in [2.05, 4.69) is 34.0 Å². The van der Waals surface area contributed by atoms with Crippen LogP contribution in [-0.4, -0.2) is 60.0 Å². The highest BCUT2D eigenvalue weighted by molar-refractivity contribution is 5.80. The molecule has 1 N–H and O–H groups in total. The number of benzene rings is 1. The van der Waals surface area contributed by atoms with E-state index in [1.54, 1.807) is 19.2 Å². The van der Waals surface area contributed by atoms with Gasteiger partial charge in [0.2, 0.25) is 0 Å². The predicted octanol–water partition coefficient (Wildman–Crippen LogP) is 2.09. The summed E-state index contributed by atoms with van der Waals surface area (Å²) in [6.07, 6.45) is 1.14. The Balaban J connectivity index is 1.94. The molecule has 0 aromatic heterocycles. The number of guanidine groups is 1. The highest BCUT2D eigenvalue weighted by atomic mass is 16.6. The van der Waals surface area contributed by atoms with Gasteiger partial charge in [-0.2, -0.15) is 0 Å². The van der Waals surface area contributed by atoms with Crippen molar-refractivity contribution in [2.75, 3.05) is 33.2 Å². The van der Waals surface area contributed by atoms with Gasteiger partial charge in [0, 0.05) is 44.9 Å². The van der Waals surface area contributed by atoms with E-state index in [1.165, 1.54) is 6.07 Å². The zero-order valence-electron chi connectivity index (χ0n) is 14.7. The van der Waals surface area contributed by atoms with Crippen molar-refractivity contribution in [2.45, 2.75) is 32.9 Å². The van der Waals surface area contributed by atoms with Gasteiger partial charge in [0.15, 0.2) is 5.96 Å². The summed E-state index contributed by atoms with van der Waals surface area (Å²) >= 11 is 0. The number of rotatable bonds is 6. The zero-order chi connectivity index (χ0) is 17.5. The highest BCUT2D eigenvalue weighted by Gasteiger charge is 2.27. The lowest BCUT2D eigenvalue weighted by Gasteiger charge is -2.27. The van der Waals surface area contributed by atoms with Crippen molar-refractivity contribution in [3.05, 3.63) is 39.9 Å². The molecule has 0 saturated carbocycles. The highest BCUT2D eigenvalue weighted by Crippen LogP contribution is 2.16. The van der Waals surface area contributed by atoms with Crippen LogP contribution in [-0.2, 0) is 6.54 Å². The van der Waals surface area contributed by atoms with E-state index in [0.29, 0.717) is 12.6 Å². The van der Waals surface area contributed by atoms with Crippen molar-refractivity contribution in [2.24, 2.45) is 4.99 Å². The number of non-ortho nitro benzene ring substituents is 1. The molecule has 1 heterocycles. The molecule has 1 aliphatic rings. The summed E-state index contributed by atoms with van der Waals surface area (Å²) < 4.78 is 0. The average Bonchev–Trinajstić information content (AvgIpc) is 3.06. The normalized spacial score (nSPS) is 18.2. The first kappa shape index (κ1) is 18.2. The second-order valence-corrected chi connectivity index (χ2v) is 5.94. The van der Waals surface area contributed by atoms with Crippen LogP contribution >= 0.6 is 0 Å². The number of hydrogen-bond donors (Lipinski definition) is 1. The predicted molar refractivity (Wildman–Crippen MR) is 96.2 cm³/mol. The van der Waals surface area contributed by atoms with Gasteiger partial charge in [0.25, 0.3) is 5.69 Å². The van der Waals surface area contributed by atoms with Gasteiger partial charge in [-0.3, -0.25) is 20.0 Å². The molecule has 1 aliphatic heterocycles. The standard InChI is InChI=1S/C17H27N5O2/c1-4-20(5-2)16-9-10-21(13-16)17(18-3)19-12-14-7-6-8-15(11-14)22(23)24/h6-8,11,16H,4-5,9-10,12-13H2,1-3H3,(H,18,19). The smallest absolute Gasteiger partial charge is 0.269 e. The van der Waals surface area contributed by atoms with Crippen LogP contribution < -0.4 is 5.32 Å². The van der Waals surface area contributed by atoms with Crippen molar-refractivity contribution in [3.63, 3.8) is 0 Å². The summed E-state index contributed by atoms with van der Waals surface area (Å²) in [4.78, 5) is 19.6. The largest absolute Gasteiger partial charge is 0.352 e. The van der Waals surface area contributed by atoms with E-state index in [4.69, 9.17) is 0 Å². The molecule has 0 bridgehead atoms. The number of likely N-dealkylation sites (tertiary alicyclic amines) is 1. The van der Waals surface area contributed by atoms with E-state index >= 15 is 0 Å². The van der Waals surface area contributed by atoms with E-state index in [1.807, 2.05) is 6.07 Å². The van der Waals surface area contributed by atoms with Gasteiger partial charge in [-0.1, -0.05) is 26.0 Å². The molecule has 7 heteroatoms. The van der Waals surface area contributed by atoms with Crippen LogP contribution in [0.25, 0.3) is 0 Å². The molecule has 0 amide bonds. The summed E-state index contributed by atoms with van der Waals surface area (Å²) in [7, 11) is 1.78. The maximum atomic E-state index is 10.9. The quantitative estimate of drug-likeness (QED) is 0.373. The van der Waals surface area contributed by atoms with Gasteiger partial charge in [0.1, 0.15) is 0 Å². The first-order valence-corrected chi connectivity index (χ1v) is 8.52. The molecule has 0 radical (unpaired) electrons. The molecule has 1 unspecified atom stereocenters. The Labute approximate surface area is 143 Å². The first-order valence-electron chi connectivity index (χ1n) is 8.52. The number of nitro benzene ring substituents is 1. The summed E-state index contributed by atoms with van der Waals surface area (Å²) in [5, 5.41) is 14.2. The van der Waals surface area contributed by atoms with E-state index in [9.17, 15) is 10.1 Å². The van der Waals surface area contributed by atoms with Crippen LogP contribution in [0.4, 0.5) is 5.69 Å². The van der Waals surface area contributed by atoms with Gasteiger partial charge < -0.3 is 10.2 Å². The van der Waals surface area contributed by atoms with Crippen LogP contribution in [0.15, 0.2) is 29.3 Å². The lowest BCUT2D eigenvalue weighted by molar-refractivity contribution is -0.384. The van der Waals surface area contributed by atoms with Crippen molar-refractivity contribution in [1.82, 2.24) is 15.1 Å². The minimum atomic E-state index is -0.368. The molecule has 132 valence electrons. The van der Waals surface area contributed by atoms with Gasteiger partial charge in [0.05, 0.1) is 4.92 Å². The van der Waals surface area contributed by atoms with Gasteiger partial charge in [-0.25, -0.2) is 0 Å². The molecule has 24 heavy (non-hydrogen) atoms. The first-order chi connectivity index (χ1) is 11.6. The average molecular weight is 333 g/mol. The van der Waals surface area contributed by atoms with E-state index < -0.39 is 0 Å². The Morgan fingerprint density at radius 3 is 2.83 bits per heavy atom. The molecular formula is C17H27N5O2. The second kappa shape index (κ2) is 8.63. The molecule has 0 aliphatic carbocycles. The summed E-state index contributed by atoms with van der Waals surface area (Å²) in [5.74, 6) is 0.858. The van der Waals surface area contributed by atoms with Gasteiger partial charge >= 0.3 is 0 Å². The molecule has 0 spiro atoms. The number of aliphatic imine (C=N–C) groups is 1. The minimum absolute atomic E-state index is 0.118. The van der Waals surface area contributed by atoms with Gasteiger partial charge in [-0.05, 0) is 25.1 Å². The third-order valence-corrected chi connectivity index (χ3v) is 4.58. The summed E-state index contributed by atoms with van der Waals surface area (Å²) in [6.45, 7) is 9.00. The van der Waals surface area contributed by atoms with E-state index in [-0.39, 0.29) is 10.6 Å². The Kier molecular flexibility index (Phi) is 6.54. The van der Waals surface area contributed by atoms with Crippen LogP contribution in [0.3, 0.4) is 0 Å². The Morgan fingerprint density at radius 1 is 1.46 bits per heavy atom. The van der Waals surface area contributed by atoms with Crippen LogP contribution in [0, 0.1) is 10.1 Å². The monoisotopic (exact) mass is 333 g/mol. The zero-order valence-corrected chi connectivity index (χ0v) is 14.7. The summed E-state index contributed by atoms with van der Waals surface area (Å²) in [6, 6.07) is 7.27. The molecule has 1 atom stereocenters. The topological polar surface area (TPSA) is 74.0 Å². The van der Waals surface area contributed by atoms with Crippen LogP contribution in [0.2, 0.25) is 0 Å². The molecule has 1 aromatic rings. The number of nitro groups is 1.